The highest BCUT2D eigenvalue weighted by molar-refractivity contribution is 7.88. The fourth-order valence-electron chi connectivity index (χ4n) is 2.81. The first kappa shape index (κ1) is 18.8. The average Bonchev–Trinajstić information content (AvgIpc) is 3.16. The minimum absolute atomic E-state index is 0.0153. The van der Waals surface area contributed by atoms with Crippen LogP contribution < -0.4 is 0 Å². The summed E-state index contributed by atoms with van der Waals surface area (Å²) >= 11 is 0. The first-order valence-electron chi connectivity index (χ1n) is 8.12. The molecule has 0 unspecified atom stereocenters. The van der Waals surface area contributed by atoms with Gasteiger partial charge in [-0.05, 0) is 18.2 Å². The Morgan fingerprint density at radius 2 is 1.74 bits per heavy atom. The molecule has 1 heterocycles. The van der Waals surface area contributed by atoms with Crippen LogP contribution in [0.5, 0.6) is 0 Å². The number of nitriles is 1. The fraction of sp³-hybridized carbons (Fsp3) is 0.211. The zero-order valence-electron chi connectivity index (χ0n) is 14.5. The number of hydrogen-bond acceptors (Lipinski definition) is 6. The molecule has 1 aliphatic rings. The summed E-state index contributed by atoms with van der Waals surface area (Å²) in [6.45, 7) is 0.0184. The third-order valence-electron chi connectivity index (χ3n) is 4.15. The number of rotatable bonds is 6. The van der Waals surface area contributed by atoms with E-state index in [0.717, 1.165) is 10.6 Å². The van der Waals surface area contributed by atoms with Crippen molar-refractivity contribution in [2.45, 2.75) is 13.0 Å². The van der Waals surface area contributed by atoms with Gasteiger partial charge in [0.2, 0.25) is 10.0 Å². The maximum atomic E-state index is 12.4. The second kappa shape index (κ2) is 7.31. The second-order valence-electron chi connectivity index (χ2n) is 6.07. The highest BCUT2D eigenvalue weighted by atomic mass is 32.2. The molecule has 0 aliphatic heterocycles. The van der Waals surface area contributed by atoms with Crippen molar-refractivity contribution in [2.24, 2.45) is 0 Å². The van der Waals surface area contributed by atoms with Crippen LogP contribution in [0.1, 0.15) is 38.7 Å². The summed E-state index contributed by atoms with van der Waals surface area (Å²) in [5, 5.41) is 8.67. The third-order valence-corrected chi connectivity index (χ3v) is 5.40. The molecule has 0 bridgehead atoms. The van der Waals surface area contributed by atoms with Crippen LogP contribution in [0.15, 0.2) is 46.4 Å². The van der Waals surface area contributed by atoms with E-state index in [9.17, 15) is 18.0 Å². The number of sulfonamides is 1. The highest BCUT2D eigenvalue weighted by Gasteiger charge is 2.32. The van der Waals surface area contributed by atoms with Crippen LogP contribution in [-0.4, -0.2) is 37.1 Å². The maximum Gasteiger partial charge on any atom is 0.211 e. The number of benzene rings is 1. The van der Waals surface area contributed by atoms with Crippen LogP contribution in [0.2, 0.25) is 0 Å². The smallest absolute Gasteiger partial charge is 0.211 e. The molecule has 1 aliphatic carbocycles. The van der Waals surface area contributed by atoms with Crippen LogP contribution in [-0.2, 0) is 16.6 Å². The molecule has 0 amide bonds. The molecule has 0 spiro atoms. The molecule has 7 nitrogen and oxygen atoms in total. The number of allylic oxidation sites excluding steroid dienone is 1. The number of fused-ring (bicyclic) bond motifs is 1. The van der Waals surface area contributed by atoms with Crippen LogP contribution in [0.3, 0.4) is 0 Å². The molecule has 27 heavy (non-hydrogen) atoms. The number of nitrogens with zero attached hydrogens (tertiary/aromatic N) is 2. The van der Waals surface area contributed by atoms with Gasteiger partial charge in [0.1, 0.15) is 11.5 Å². The van der Waals surface area contributed by atoms with Crippen LogP contribution >= 0.6 is 0 Å². The van der Waals surface area contributed by atoms with Gasteiger partial charge in [-0.3, -0.25) is 9.59 Å². The minimum atomic E-state index is -3.50. The molecule has 0 atom stereocenters. The average molecular weight is 384 g/mol. The van der Waals surface area contributed by atoms with E-state index in [1.54, 1.807) is 36.4 Å². The van der Waals surface area contributed by atoms with Gasteiger partial charge in [0.15, 0.2) is 11.6 Å². The van der Waals surface area contributed by atoms with Gasteiger partial charge in [-0.25, -0.2) is 8.42 Å². The zero-order valence-corrected chi connectivity index (χ0v) is 15.3. The lowest BCUT2D eigenvalue weighted by atomic mass is 10.1. The Bertz CT molecular complexity index is 1050. The standard InChI is InChI=1S/C19H16N2O5S/c1-27(24,25)21(10-4-9-20)12-14-8-7-13(26-14)11-17-18(22)15-5-2-3-6-16(15)19(17)23/h2-3,5-8,11H,4,10,12H2,1H3. The molecular weight excluding hydrogens is 368 g/mol. The summed E-state index contributed by atoms with van der Waals surface area (Å²) in [5.41, 5.74) is 0.738. The van der Waals surface area contributed by atoms with Crippen molar-refractivity contribution < 1.29 is 22.4 Å². The summed E-state index contributed by atoms with van der Waals surface area (Å²) in [7, 11) is -3.50. The predicted octanol–water partition coefficient (Wildman–Crippen LogP) is 2.42. The number of carbonyl (C=O) groups is 2. The summed E-state index contributed by atoms with van der Waals surface area (Å²) in [6.07, 6.45) is 2.49. The quantitative estimate of drug-likeness (QED) is 0.559. The SMILES string of the molecule is CS(=O)(=O)N(CCC#N)Cc1ccc(C=C2C(=O)c3ccccc3C2=O)o1. The second-order valence-corrected chi connectivity index (χ2v) is 8.05. The van der Waals surface area contributed by atoms with E-state index in [-0.39, 0.29) is 42.4 Å². The van der Waals surface area contributed by atoms with Gasteiger partial charge < -0.3 is 4.42 Å². The molecule has 0 saturated heterocycles. The monoisotopic (exact) mass is 384 g/mol. The molecule has 0 saturated carbocycles. The van der Waals surface area contributed by atoms with Crippen molar-refractivity contribution in [2.75, 3.05) is 12.8 Å². The molecule has 2 aromatic rings. The molecule has 0 fully saturated rings. The summed E-state index contributed by atoms with van der Waals surface area (Å²) in [4.78, 5) is 24.8. The van der Waals surface area contributed by atoms with E-state index in [0.29, 0.717) is 16.9 Å². The van der Waals surface area contributed by atoms with E-state index < -0.39 is 10.0 Å². The number of carbonyl (C=O) groups excluding carboxylic acids is 2. The van der Waals surface area contributed by atoms with Crippen molar-refractivity contribution in [3.63, 3.8) is 0 Å². The first-order valence-corrected chi connectivity index (χ1v) is 9.97. The maximum absolute atomic E-state index is 12.4. The Labute approximate surface area is 156 Å². The van der Waals surface area contributed by atoms with Gasteiger partial charge in [0.05, 0.1) is 24.4 Å². The van der Waals surface area contributed by atoms with E-state index >= 15 is 0 Å². The Kier molecular flexibility index (Phi) is 5.08. The van der Waals surface area contributed by atoms with E-state index in [2.05, 4.69) is 0 Å². The normalized spacial score (nSPS) is 13.7. The van der Waals surface area contributed by atoms with Crippen molar-refractivity contribution in [3.05, 3.63) is 64.6 Å². The first-order chi connectivity index (χ1) is 12.8. The molecule has 1 aromatic carbocycles. The number of Topliss-reactive ketones (excluding diaryl/α,β-unsaturated/α-hetero) is 2. The summed E-state index contributed by atoms with van der Waals surface area (Å²) in [6, 6.07) is 11.6. The van der Waals surface area contributed by atoms with Gasteiger partial charge in [-0.1, -0.05) is 24.3 Å². The number of furan rings is 1. The molecule has 3 rings (SSSR count). The summed E-state index contributed by atoms with van der Waals surface area (Å²) < 4.78 is 30.3. The van der Waals surface area contributed by atoms with Gasteiger partial charge in [0, 0.05) is 24.1 Å². The van der Waals surface area contributed by atoms with Crippen molar-refractivity contribution in [1.29, 1.82) is 5.26 Å². The van der Waals surface area contributed by atoms with Crippen molar-refractivity contribution >= 4 is 27.7 Å². The Morgan fingerprint density at radius 1 is 1.11 bits per heavy atom. The number of ketones is 2. The lowest BCUT2D eigenvalue weighted by Crippen LogP contribution is -2.30. The van der Waals surface area contributed by atoms with Crippen molar-refractivity contribution in [3.8, 4) is 6.07 Å². The van der Waals surface area contributed by atoms with Crippen LogP contribution in [0.25, 0.3) is 6.08 Å². The van der Waals surface area contributed by atoms with Crippen LogP contribution in [0, 0.1) is 11.3 Å². The fourth-order valence-corrected chi connectivity index (χ4v) is 3.60. The van der Waals surface area contributed by atoms with E-state index in [4.69, 9.17) is 9.68 Å². The molecule has 138 valence electrons. The Morgan fingerprint density at radius 3 is 2.30 bits per heavy atom. The van der Waals surface area contributed by atoms with E-state index in [1.165, 1.54) is 6.08 Å². The van der Waals surface area contributed by atoms with Gasteiger partial charge in [-0.2, -0.15) is 9.57 Å². The van der Waals surface area contributed by atoms with Crippen LogP contribution in [0.4, 0.5) is 0 Å². The molecule has 0 N–H and O–H groups in total. The highest BCUT2D eigenvalue weighted by Crippen LogP contribution is 2.28. The van der Waals surface area contributed by atoms with Gasteiger partial charge in [0.25, 0.3) is 0 Å². The Balaban J connectivity index is 1.83. The van der Waals surface area contributed by atoms with Crippen molar-refractivity contribution in [1.82, 2.24) is 4.31 Å². The van der Waals surface area contributed by atoms with E-state index in [1.807, 2.05) is 6.07 Å². The summed E-state index contributed by atoms with van der Waals surface area (Å²) in [5.74, 6) is -0.0930. The molecule has 8 heteroatoms. The predicted molar refractivity (Wildman–Crippen MR) is 97.3 cm³/mol. The topological polar surface area (TPSA) is 108 Å². The Hall–Kier alpha value is -3.02. The largest absolute Gasteiger partial charge is 0.460 e. The molecule has 1 aromatic heterocycles. The van der Waals surface area contributed by atoms with Gasteiger partial charge in [-0.15, -0.1) is 0 Å². The minimum Gasteiger partial charge on any atom is -0.460 e. The zero-order chi connectivity index (χ0) is 19.6. The molecular formula is C19H16N2O5S. The lowest BCUT2D eigenvalue weighted by Gasteiger charge is -2.16. The lowest BCUT2D eigenvalue weighted by molar-refractivity contribution is 0.0990. The number of hydrogen-bond donors (Lipinski definition) is 0. The molecule has 0 radical (unpaired) electrons. The van der Waals surface area contributed by atoms with Gasteiger partial charge >= 0.3 is 0 Å². The third kappa shape index (κ3) is 3.89.